The molecule has 0 aliphatic rings. The van der Waals surface area contributed by atoms with Gasteiger partial charge < -0.3 is 4.74 Å². The Kier molecular flexibility index (Phi) is 4.26. The molecular weight excluding hydrogens is 224 g/mol. The highest BCUT2D eigenvalue weighted by molar-refractivity contribution is 5.99. The normalized spacial score (nSPS) is 12.1. The van der Waals surface area contributed by atoms with E-state index in [0.717, 1.165) is 5.56 Å². The van der Waals surface area contributed by atoms with Crippen LogP contribution < -0.4 is 0 Å². The molecule has 0 amide bonds. The number of hydrogen-bond acceptors (Lipinski definition) is 2. The van der Waals surface area contributed by atoms with Crippen molar-refractivity contribution in [2.24, 2.45) is 0 Å². The minimum Gasteiger partial charge on any atom is -0.366 e. The first kappa shape index (κ1) is 12.5. The number of carbonyl (C=O) groups is 1. The third-order valence-electron chi connectivity index (χ3n) is 2.77. The van der Waals surface area contributed by atoms with Crippen LogP contribution in [-0.2, 0) is 11.3 Å². The van der Waals surface area contributed by atoms with Gasteiger partial charge >= 0.3 is 0 Å². The Balaban J connectivity index is 1.93. The second-order valence-corrected chi connectivity index (χ2v) is 4.17. The number of ketones is 1. The third-order valence-corrected chi connectivity index (χ3v) is 2.77. The average molecular weight is 240 g/mol. The highest BCUT2D eigenvalue weighted by Gasteiger charge is 2.15. The molecule has 0 bridgehead atoms. The van der Waals surface area contributed by atoms with Crippen molar-refractivity contribution in [1.82, 2.24) is 0 Å². The first-order valence-corrected chi connectivity index (χ1v) is 6.02. The largest absolute Gasteiger partial charge is 0.366 e. The maximum atomic E-state index is 12.0. The van der Waals surface area contributed by atoms with Gasteiger partial charge in [0.25, 0.3) is 0 Å². The summed E-state index contributed by atoms with van der Waals surface area (Å²) in [5.41, 5.74) is 1.77. The lowest BCUT2D eigenvalue weighted by Gasteiger charge is -2.12. The van der Waals surface area contributed by atoms with Crippen LogP contribution >= 0.6 is 0 Å². The summed E-state index contributed by atoms with van der Waals surface area (Å²) >= 11 is 0. The second kappa shape index (κ2) is 6.12. The lowest BCUT2D eigenvalue weighted by atomic mass is 10.1. The van der Waals surface area contributed by atoms with E-state index >= 15 is 0 Å². The molecule has 2 aromatic rings. The standard InChI is InChI=1S/C16H16O2/c1-13(16(17)15-10-6-3-7-11-15)18-12-14-8-4-2-5-9-14/h2-11,13H,12H2,1H3. The van der Waals surface area contributed by atoms with Gasteiger partial charge in [-0.15, -0.1) is 0 Å². The predicted octanol–water partition coefficient (Wildman–Crippen LogP) is 3.47. The maximum absolute atomic E-state index is 12.0. The summed E-state index contributed by atoms with van der Waals surface area (Å²) < 4.78 is 5.59. The van der Waals surface area contributed by atoms with Crippen LogP contribution in [0.1, 0.15) is 22.8 Å². The van der Waals surface area contributed by atoms with Gasteiger partial charge in [0, 0.05) is 5.56 Å². The summed E-state index contributed by atoms with van der Waals surface area (Å²) in [4.78, 5) is 12.0. The Morgan fingerprint density at radius 1 is 1.00 bits per heavy atom. The molecule has 0 radical (unpaired) electrons. The summed E-state index contributed by atoms with van der Waals surface area (Å²) in [5.74, 6) is 0.0199. The number of rotatable bonds is 5. The minimum absolute atomic E-state index is 0.0199. The molecule has 0 saturated heterocycles. The number of carbonyl (C=O) groups excluding carboxylic acids is 1. The molecule has 18 heavy (non-hydrogen) atoms. The molecule has 2 nitrogen and oxygen atoms in total. The number of Topliss-reactive ketones (excluding diaryl/α,β-unsaturated/α-hetero) is 1. The van der Waals surface area contributed by atoms with E-state index in [-0.39, 0.29) is 5.78 Å². The quantitative estimate of drug-likeness (QED) is 0.748. The van der Waals surface area contributed by atoms with Crippen molar-refractivity contribution in [3.8, 4) is 0 Å². The molecule has 92 valence electrons. The van der Waals surface area contributed by atoms with Gasteiger partial charge in [0.2, 0.25) is 0 Å². The summed E-state index contributed by atoms with van der Waals surface area (Å²) in [5, 5.41) is 0. The number of hydrogen-bond donors (Lipinski definition) is 0. The molecule has 0 saturated carbocycles. The molecule has 0 aliphatic carbocycles. The molecule has 2 heteroatoms. The van der Waals surface area contributed by atoms with Crippen molar-refractivity contribution in [3.63, 3.8) is 0 Å². The van der Waals surface area contributed by atoms with E-state index in [2.05, 4.69) is 0 Å². The van der Waals surface area contributed by atoms with Crippen molar-refractivity contribution in [1.29, 1.82) is 0 Å². The molecule has 1 atom stereocenters. The first-order chi connectivity index (χ1) is 8.77. The van der Waals surface area contributed by atoms with Gasteiger partial charge in [-0.1, -0.05) is 60.7 Å². The van der Waals surface area contributed by atoms with E-state index in [4.69, 9.17) is 4.74 Å². The van der Waals surface area contributed by atoms with Gasteiger partial charge in [0.05, 0.1) is 6.61 Å². The zero-order chi connectivity index (χ0) is 12.8. The topological polar surface area (TPSA) is 26.3 Å². The van der Waals surface area contributed by atoms with Crippen LogP contribution in [0.3, 0.4) is 0 Å². The van der Waals surface area contributed by atoms with Crippen molar-refractivity contribution < 1.29 is 9.53 Å². The molecule has 0 spiro atoms. The fraction of sp³-hybridized carbons (Fsp3) is 0.188. The van der Waals surface area contributed by atoms with Gasteiger partial charge in [0.1, 0.15) is 6.10 Å². The van der Waals surface area contributed by atoms with Crippen LogP contribution in [0.4, 0.5) is 0 Å². The lowest BCUT2D eigenvalue weighted by Crippen LogP contribution is -2.20. The Bertz CT molecular complexity index is 491. The minimum atomic E-state index is -0.424. The second-order valence-electron chi connectivity index (χ2n) is 4.17. The zero-order valence-corrected chi connectivity index (χ0v) is 10.4. The van der Waals surface area contributed by atoms with E-state index in [1.807, 2.05) is 60.7 Å². The van der Waals surface area contributed by atoms with Crippen molar-refractivity contribution >= 4 is 5.78 Å². The van der Waals surface area contributed by atoms with Gasteiger partial charge in [-0.05, 0) is 12.5 Å². The predicted molar refractivity (Wildman–Crippen MR) is 71.5 cm³/mol. The molecule has 0 aromatic heterocycles. The summed E-state index contributed by atoms with van der Waals surface area (Å²) in [6, 6.07) is 19.1. The molecule has 0 heterocycles. The fourth-order valence-electron chi connectivity index (χ4n) is 1.71. The van der Waals surface area contributed by atoms with E-state index < -0.39 is 6.10 Å². The summed E-state index contributed by atoms with van der Waals surface area (Å²) in [6.07, 6.45) is -0.424. The molecule has 2 rings (SSSR count). The van der Waals surface area contributed by atoms with E-state index in [9.17, 15) is 4.79 Å². The average Bonchev–Trinajstić information content (AvgIpc) is 2.46. The monoisotopic (exact) mass is 240 g/mol. The SMILES string of the molecule is CC(OCc1ccccc1)C(=O)c1ccccc1. The smallest absolute Gasteiger partial charge is 0.191 e. The van der Waals surface area contributed by atoms with Crippen LogP contribution in [0, 0.1) is 0 Å². The Hall–Kier alpha value is -1.93. The van der Waals surface area contributed by atoms with Crippen LogP contribution in [-0.4, -0.2) is 11.9 Å². The highest BCUT2D eigenvalue weighted by Crippen LogP contribution is 2.09. The highest BCUT2D eigenvalue weighted by atomic mass is 16.5. The van der Waals surface area contributed by atoms with Crippen LogP contribution in [0.2, 0.25) is 0 Å². The fourth-order valence-corrected chi connectivity index (χ4v) is 1.71. The molecule has 2 aromatic carbocycles. The van der Waals surface area contributed by atoms with E-state index in [0.29, 0.717) is 12.2 Å². The molecule has 0 N–H and O–H groups in total. The molecule has 0 aliphatic heterocycles. The van der Waals surface area contributed by atoms with Gasteiger partial charge in [-0.25, -0.2) is 0 Å². The first-order valence-electron chi connectivity index (χ1n) is 6.02. The number of benzene rings is 2. The molecular formula is C16H16O2. The zero-order valence-electron chi connectivity index (χ0n) is 10.4. The lowest BCUT2D eigenvalue weighted by molar-refractivity contribution is 0.0412. The van der Waals surface area contributed by atoms with Gasteiger partial charge in [-0.2, -0.15) is 0 Å². The Labute approximate surface area is 107 Å². The van der Waals surface area contributed by atoms with E-state index in [1.165, 1.54) is 0 Å². The number of ether oxygens (including phenoxy) is 1. The van der Waals surface area contributed by atoms with Crippen LogP contribution in [0.15, 0.2) is 60.7 Å². The summed E-state index contributed by atoms with van der Waals surface area (Å²) in [7, 11) is 0. The Morgan fingerprint density at radius 3 is 2.17 bits per heavy atom. The Morgan fingerprint density at radius 2 is 1.56 bits per heavy atom. The summed E-state index contributed by atoms with van der Waals surface area (Å²) in [6.45, 7) is 2.25. The van der Waals surface area contributed by atoms with Gasteiger partial charge in [-0.3, -0.25) is 4.79 Å². The van der Waals surface area contributed by atoms with E-state index in [1.54, 1.807) is 6.92 Å². The van der Waals surface area contributed by atoms with Crippen molar-refractivity contribution in [3.05, 3.63) is 71.8 Å². The van der Waals surface area contributed by atoms with Crippen molar-refractivity contribution in [2.75, 3.05) is 0 Å². The maximum Gasteiger partial charge on any atom is 0.191 e. The van der Waals surface area contributed by atoms with Crippen LogP contribution in [0.25, 0.3) is 0 Å². The van der Waals surface area contributed by atoms with Crippen molar-refractivity contribution in [2.45, 2.75) is 19.6 Å². The molecule has 1 unspecified atom stereocenters. The third kappa shape index (κ3) is 3.28. The van der Waals surface area contributed by atoms with Crippen LogP contribution in [0.5, 0.6) is 0 Å². The van der Waals surface area contributed by atoms with Gasteiger partial charge in [0.15, 0.2) is 5.78 Å². The molecule has 0 fully saturated rings.